The second-order valence-corrected chi connectivity index (χ2v) is 19.3. The molecule has 3 heterocycles. The molecule has 3 aliphatic heterocycles. The zero-order valence-electron chi connectivity index (χ0n) is 35.7. The number of carbonyl (C=O) groups is 2. The van der Waals surface area contributed by atoms with Crippen molar-refractivity contribution >= 4 is 65.5 Å². The summed E-state index contributed by atoms with van der Waals surface area (Å²) >= 11 is 0. The fourth-order valence-corrected chi connectivity index (χ4v) is 10.8. The van der Waals surface area contributed by atoms with E-state index in [1.54, 1.807) is 24.3 Å². The van der Waals surface area contributed by atoms with Gasteiger partial charge >= 0.3 is 88.7 Å². The molecule has 0 aromatic heterocycles. The molecular formula is C33H50N3Na3O22S4. The Bertz CT molecular complexity index is 1830. The first-order valence-corrected chi connectivity index (χ1v) is 24.0. The number of anilines is 2. The van der Waals surface area contributed by atoms with E-state index in [1.807, 2.05) is 21.6 Å². The van der Waals surface area contributed by atoms with E-state index in [2.05, 4.69) is 14.8 Å². The summed E-state index contributed by atoms with van der Waals surface area (Å²) in [6.07, 6.45) is -24.2. The van der Waals surface area contributed by atoms with Gasteiger partial charge in [-0.05, 0) is 37.5 Å². The molecule has 4 rings (SSSR count). The molecule has 0 radical (unpaired) electrons. The van der Waals surface area contributed by atoms with Crippen molar-refractivity contribution in [2.24, 2.45) is 0 Å². The SMILES string of the molecule is CO[C@H]1[C@H](O)[C@@H](NS(=O)(=O)[O-])[C@@H](O[C@H]2[C@H](O)[C@@H](OS(=O)(=O)[O-])[C@H](OC[C@@H](O)[C@@H](O)[C@H](O)[C@@H](O)CNc3cccc(NC(=O)CCCCC4CCSS4)c3)O[C@H]2C(=O)[O-])O[C@@H]1CO.[Na+].[Na+].[Na+]. The Balaban J connectivity index is 0.00000704. The monoisotopic (exact) mass is 1040 g/mol. The molecule has 0 saturated carbocycles. The third kappa shape index (κ3) is 20.2. The molecule has 1 amide bonds. The molecule has 3 aliphatic rings. The van der Waals surface area contributed by atoms with Crippen LogP contribution in [0, 0.1) is 0 Å². The Hall–Kier alpha value is 0.920. The summed E-state index contributed by atoms with van der Waals surface area (Å²) in [5.74, 6) is -1.29. The maximum absolute atomic E-state index is 12.5. The summed E-state index contributed by atoms with van der Waals surface area (Å²) in [6, 6.07) is 4.24. The first-order valence-electron chi connectivity index (χ1n) is 18.9. The van der Waals surface area contributed by atoms with E-state index in [4.69, 9.17) is 23.7 Å². The molecule has 32 heteroatoms. The molecule has 0 bridgehead atoms. The summed E-state index contributed by atoms with van der Waals surface area (Å²) in [5.41, 5.74) is 0.833. The quantitative estimate of drug-likeness (QED) is 0.0151. The van der Waals surface area contributed by atoms with Crippen LogP contribution < -0.4 is 109 Å². The number of unbranched alkanes of at least 4 members (excludes halogenated alkanes) is 1. The van der Waals surface area contributed by atoms with Crippen LogP contribution in [0.4, 0.5) is 11.4 Å². The van der Waals surface area contributed by atoms with Crippen molar-refractivity contribution in [3.05, 3.63) is 24.3 Å². The van der Waals surface area contributed by atoms with E-state index in [0.717, 1.165) is 38.5 Å². The number of methoxy groups -OCH3 is 1. The van der Waals surface area contributed by atoms with Crippen LogP contribution in [0.25, 0.3) is 0 Å². The van der Waals surface area contributed by atoms with Crippen LogP contribution >= 0.6 is 21.6 Å². The zero-order chi connectivity index (χ0) is 45.9. The van der Waals surface area contributed by atoms with Gasteiger partial charge in [-0.25, -0.2) is 21.6 Å². The van der Waals surface area contributed by atoms with Crippen LogP contribution in [0.3, 0.4) is 0 Å². The largest absolute Gasteiger partial charge is 1.00 e. The minimum Gasteiger partial charge on any atom is -0.735 e. The number of aliphatic carboxylic acids is 1. The van der Waals surface area contributed by atoms with Crippen molar-refractivity contribution in [1.82, 2.24) is 4.72 Å². The molecule has 1 aromatic carbocycles. The number of carboxylic acid groups (broad SMARTS) is 1. The van der Waals surface area contributed by atoms with Crippen LogP contribution in [0.2, 0.25) is 0 Å². The Morgan fingerprint density at radius 1 is 0.923 bits per heavy atom. The zero-order valence-corrected chi connectivity index (χ0v) is 45.0. The topological polar surface area (TPSA) is 405 Å². The molecule has 0 spiro atoms. The molecule has 25 nitrogen and oxygen atoms in total. The van der Waals surface area contributed by atoms with Crippen molar-refractivity contribution in [2.75, 3.05) is 43.3 Å². The molecule has 3 fully saturated rings. The number of carbonyl (C=O) groups excluding carboxylic acids is 2. The van der Waals surface area contributed by atoms with Crippen molar-refractivity contribution in [2.45, 2.75) is 123 Å². The molecule has 15 atom stereocenters. The fourth-order valence-electron chi connectivity index (χ4n) is 6.70. The maximum atomic E-state index is 12.5. The van der Waals surface area contributed by atoms with Gasteiger partial charge in [-0.1, -0.05) is 34.1 Å². The molecule has 10 N–H and O–H groups in total. The van der Waals surface area contributed by atoms with Gasteiger partial charge in [0.2, 0.25) is 16.3 Å². The van der Waals surface area contributed by atoms with Gasteiger partial charge in [0.25, 0.3) is 0 Å². The second kappa shape index (κ2) is 30.1. The van der Waals surface area contributed by atoms with Gasteiger partial charge in [0, 0.05) is 42.5 Å². The fraction of sp³-hybridized carbons (Fsp3) is 0.758. The number of hydrogen-bond donors (Lipinski definition) is 10. The van der Waals surface area contributed by atoms with Gasteiger partial charge in [-0.15, -0.1) is 0 Å². The minimum atomic E-state index is -5.83. The third-order valence-electron chi connectivity index (χ3n) is 9.82. The molecule has 3 saturated heterocycles. The summed E-state index contributed by atoms with van der Waals surface area (Å²) in [5, 5.41) is 92.5. The Kier molecular flexibility index (Phi) is 29.6. The molecule has 0 aliphatic carbocycles. The maximum Gasteiger partial charge on any atom is 1.00 e. The van der Waals surface area contributed by atoms with Crippen LogP contribution in [-0.4, -0.2) is 197 Å². The third-order valence-corrected chi connectivity index (χ3v) is 13.8. The average molecular weight is 1040 g/mol. The first-order chi connectivity index (χ1) is 29.1. The van der Waals surface area contributed by atoms with Crippen molar-refractivity contribution < 1.29 is 193 Å². The predicted molar refractivity (Wildman–Crippen MR) is 209 cm³/mol. The normalized spacial score (nSPS) is 30.0. The summed E-state index contributed by atoms with van der Waals surface area (Å²) < 4.78 is 102. The smallest absolute Gasteiger partial charge is 0.735 e. The Morgan fingerprint density at radius 3 is 2.17 bits per heavy atom. The Morgan fingerprint density at radius 2 is 1.58 bits per heavy atom. The van der Waals surface area contributed by atoms with Crippen molar-refractivity contribution in [1.29, 1.82) is 0 Å². The molecule has 1 aromatic rings. The summed E-state index contributed by atoms with van der Waals surface area (Å²) in [4.78, 5) is 24.7. The first kappa shape index (κ1) is 63.9. The van der Waals surface area contributed by atoms with Crippen LogP contribution in [0.15, 0.2) is 24.3 Å². The number of amides is 1. The molecule has 356 valence electrons. The van der Waals surface area contributed by atoms with E-state index in [1.165, 1.54) is 4.72 Å². The van der Waals surface area contributed by atoms with Crippen molar-refractivity contribution in [3.8, 4) is 0 Å². The van der Waals surface area contributed by atoms with E-state index in [-0.39, 0.29) is 94.6 Å². The number of hydrogen-bond acceptors (Lipinski definition) is 25. The van der Waals surface area contributed by atoms with E-state index in [9.17, 15) is 76.4 Å². The number of aliphatic hydroxyl groups excluding tert-OH is 7. The van der Waals surface area contributed by atoms with Crippen LogP contribution in [0.1, 0.15) is 32.1 Å². The number of benzene rings is 1. The van der Waals surface area contributed by atoms with Gasteiger partial charge in [0.1, 0.15) is 61.0 Å². The van der Waals surface area contributed by atoms with E-state index in [0.29, 0.717) is 23.0 Å². The number of carboxylic acids is 1. The van der Waals surface area contributed by atoms with E-state index >= 15 is 0 Å². The van der Waals surface area contributed by atoms with Gasteiger partial charge in [-0.3, -0.25) is 8.98 Å². The Labute approximate surface area is 449 Å². The van der Waals surface area contributed by atoms with Gasteiger partial charge in [0.15, 0.2) is 29.0 Å². The second-order valence-electron chi connectivity index (χ2n) is 14.4. The molecule has 1 unspecified atom stereocenters. The predicted octanol–water partition coefficient (Wildman–Crippen LogP) is -14.2. The van der Waals surface area contributed by atoms with Crippen LogP contribution in [0.5, 0.6) is 0 Å². The summed E-state index contributed by atoms with van der Waals surface area (Å²) in [6.45, 7) is -2.56. The summed E-state index contributed by atoms with van der Waals surface area (Å²) in [7, 11) is -6.54. The average Bonchev–Trinajstić information content (AvgIpc) is 3.73. The number of aliphatic hydroxyl groups is 7. The van der Waals surface area contributed by atoms with E-state index < -0.39 is 132 Å². The number of nitrogens with one attached hydrogen (secondary N) is 3. The molecular weight excluding hydrogens is 988 g/mol. The molecule has 65 heavy (non-hydrogen) atoms. The van der Waals surface area contributed by atoms with Gasteiger partial charge in [0.05, 0.1) is 25.3 Å². The van der Waals surface area contributed by atoms with Crippen LogP contribution in [-0.2, 0) is 58.2 Å². The van der Waals surface area contributed by atoms with Gasteiger partial charge < -0.3 is 89.1 Å². The standard InChI is InChI=1S/C33H53N3O22S4.3Na/c1-53-27-20(13-37)55-32(22(25(27)43)36-61(47,48)49)56-28-26(44)29(58-62(50,51)52)33(57-30(28)31(45)46)54-14-19(39)24(42)23(41)18(38)12-34-15-5-4-6-16(11-15)35-21(40)8-3-2-7-17-9-10-59-60-17;;;/h4-6,11,17-20,22-30,32-34,36-39,41-44H,2-3,7-10,12-14H2,1H3,(H,35,40)(H,45,46)(H,47,48,49)(H,50,51,52);;;/q;3*+1/p-3/t17?,18-,19+,20+,22+,23+,24+,25+,26-,27+,28-,29+,30+,32+,33+;;;/m0.../s1. The van der Waals surface area contributed by atoms with Crippen molar-refractivity contribution in [3.63, 3.8) is 0 Å². The number of rotatable bonds is 24. The number of ether oxygens (including phenoxy) is 5. The van der Waals surface area contributed by atoms with Gasteiger partial charge in [-0.2, -0.15) is 0 Å². The minimum absolute atomic E-state index is 0.